The smallest absolute Gasteiger partial charge is 0.248 e. The van der Waals surface area contributed by atoms with E-state index in [2.05, 4.69) is 20.4 Å². The van der Waals surface area contributed by atoms with Crippen molar-refractivity contribution in [2.24, 2.45) is 0 Å². The third-order valence-electron chi connectivity index (χ3n) is 2.73. The number of amides is 1. The first-order valence-corrected chi connectivity index (χ1v) is 5.92. The van der Waals surface area contributed by atoms with Crippen molar-refractivity contribution in [1.82, 2.24) is 19.7 Å². The number of anilines is 1. The molecule has 98 valence electrons. The lowest BCUT2D eigenvalue weighted by Gasteiger charge is -2.01. The summed E-state index contributed by atoms with van der Waals surface area (Å²) in [6, 6.07) is 8.90. The van der Waals surface area contributed by atoms with Crippen molar-refractivity contribution in [3.63, 3.8) is 0 Å². The topological polar surface area (TPSA) is 99.4 Å². The number of carbonyl (C=O) groups excluding carboxylic acids is 1. The maximum atomic E-state index is 11.8. The molecule has 2 N–H and O–H groups in total. The molecule has 0 saturated carbocycles. The number of H-pyrrole nitrogens is 1. The van der Waals surface area contributed by atoms with Gasteiger partial charge in [0.15, 0.2) is 0 Å². The molecule has 0 aliphatic rings. The van der Waals surface area contributed by atoms with Crippen molar-refractivity contribution in [2.75, 3.05) is 5.32 Å². The quantitative estimate of drug-likeness (QED) is 0.745. The Kier molecular flexibility index (Phi) is 2.89. The summed E-state index contributed by atoms with van der Waals surface area (Å²) in [5, 5.41) is 15.4. The second-order valence-corrected chi connectivity index (χ2v) is 4.18. The molecule has 0 aliphatic heterocycles. The van der Waals surface area contributed by atoms with Gasteiger partial charge in [-0.05, 0) is 24.3 Å². The van der Waals surface area contributed by atoms with Crippen LogP contribution in [0.25, 0.3) is 11.0 Å². The van der Waals surface area contributed by atoms with E-state index in [9.17, 15) is 4.79 Å². The van der Waals surface area contributed by atoms with Gasteiger partial charge in [0.2, 0.25) is 11.9 Å². The van der Waals surface area contributed by atoms with Crippen LogP contribution in [0.3, 0.4) is 0 Å². The summed E-state index contributed by atoms with van der Waals surface area (Å²) in [7, 11) is 0. The normalized spacial score (nSPS) is 10.3. The maximum absolute atomic E-state index is 11.8. The van der Waals surface area contributed by atoms with E-state index in [1.165, 1.54) is 4.68 Å². The number of nitrogens with one attached hydrogen (secondary N) is 2. The minimum absolute atomic E-state index is 0.119. The molecular formula is C13H10N6O. The fraction of sp³-hybridized carbons (Fsp3) is 0.0769. The molecule has 20 heavy (non-hydrogen) atoms. The Bertz CT molecular complexity index is 796. The molecule has 7 nitrogen and oxygen atoms in total. The number of nitriles is 1. The SMILES string of the molecule is N#Cc1ccc2[nH]c(NC(=O)Cn3cccn3)nc2c1. The van der Waals surface area contributed by atoms with Crippen LogP contribution in [0.1, 0.15) is 5.56 Å². The Balaban J connectivity index is 1.77. The van der Waals surface area contributed by atoms with Gasteiger partial charge in [-0.15, -0.1) is 0 Å². The summed E-state index contributed by atoms with van der Waals surface area (Å²) < 4.78 is 1.52. The van der Waals surface area contributed by atoms with Crippen LogP contribution in [0.4, 0.5) is 5.95 Å². The summed E-state index contributed by atoms with van der Waals surface area (Å²) in [5.74, 6) is 0.125. The summed E-state index contributed by atoms with van der Waals surface area (Å²) in [5.41, 5.74) is 1.93. The van der Waals surface area contributed by atoms with Gasteiger partial charge in [0, 0.05) is 12.4 Å². The number of hydrogen-bond donors (Lipinski definition) is 2. The molecule has 3 aromatic rings. The van der Waals surface area contributed by atoms with Crippen LogP contribution in [-0.2, 0) is 11.3 Å². The average molecular weight is 266 g/mol. The Labute approximate surface area is 113 Å². The Morgan fingerprint density at radius 3 is 3.15 bits per heavy atom. The van der Waals surface area contributed by atoms with E-state index in [1.54, 1.807) is 36.7 Å². The van der Waals surface area contributed by atoms with Crippen LogP contribution >= 0.6 is 0 Å². The van der Waals surface area contributed by atoms with Gasteiger partial charge in [0.25, 0.3) is 0 Å². The number of fused-ring (bicyclic) bond motifs is 1. The molecule has 0 radical (unpaired) electrons. The number of hydrogen-bond acceptors (Lipinski definition) is 4. The molecule has 2 heterocycles. The van der Waals surface area contributed by atoms with Gasteiger partial charge < -0.3 is 4.98 Å². The second kappa shape index (κ2) is 4.85. The van der Waals surface area contributed by atoms with Crippen LogP contribution < -0.4 is 5.32 Å². The first-order valence-electron chi connectivity index (χ1n) is 5.92. The molecular weight excluding hydrogens is 256 g/mol. The molecule has 0 spiro atoms. The zero-order valence-electron chi connectivity index (χ0n) is 10.4. The van der Waals surface area contributed by atoms with E-state index in [4.69, 9.17) is 5.26 Å². The van der Waals surface area contributed by atoms with E-state index >= 15 is 0 Å². The number of aromatic nitrogens is 4. The van der Waals surface area contributed by atoms with Gasteiger partial charge in [-0.1, -0.05) is 0 Å². The molecule has 1 amide bonds. The van der Waals surface area contributed by atoms with Gasteiger partial charge in [-0.2, -0.15) is 10.4 Å². The molecule has 2 aromatic heterocycles. The van der Waals surface area contributed by atoms with Crippen molar-refractivity contribution < 1.29 is 4.79 Å². The number of benzene rings is 1. The molecule has 0 saturated heterocycles. The van der Waals surface area contributed by atoms with Gasteiger partial charge in [-0.25, -0.2) is 4.98 Å². The highest BCUT2D eigenvalue weighted by Crippen LogP contribution is 2.15. The Morgan fingerprint density at radius 2 is 2.40 bits per heavy atom. The number of aromatic amines is 1. The minimum Gasteiger partial charge on any atom is -0.324 e. The van der Waals surface area contributed by atoms with Crippen molar-refractivity contribution in [1.29, 1.82) is 5.26 Å². The summed E-state index contributed by atoms with van der Waals surface area (Å²) in [4.78, 5) is 19.0. The third-order valence-corrected chi connectivity index (χ3v) is 2.73. The maximum Gasteiger partial charge on any atom is 0.248 e. The number of carbonyl (C=O) groups is 1. The fourth-order valence-corrected chi connectivity index (χ4v) is 1.85. The molecule has 0 fully saturated rings. The monoisotopic (exact) mass is 266 g/mol. The van der Waals surface area contributed by atoms with Crippen LogP contribution in [0.5, 0.6) is 0 Å². The zero-order chi connectivity index (χ0) is 13.9. The predicted molar refractivity (Wildman–Crippen MR) is 71.7 cm³/mol. The van der Waals surface area contributed by atoms with Crippen molar-refractivity contribution in [3.8, 4) is 6.07 Å². The molecule has 0 bridgehead atoms. The lowest BCUT2D eigenvalue weighted by molar-refractivity contribution is -0.116. The van der Waals surface area contributed by atoms with E-state index in [1.807, 2.05) is 6.07 Å². The fourth-order valence-electron chi connectivity index (χ4n) is 1.85. The number of nitrogens with zero attached hydrogens (tertiary/aromatic N) is 4. The summed E-state index contributed by atoms with van der Waals surface area (Å²) >= 11 is 0. The highest BCUT2D eigenvalue weighted by atomic mass is 16.2. The molecule has 7 heteroatoms. The minimum atomic E-state index is -0.228. The lowest BCUT2D eigenvalue weighted by Crippen LogP contribution is -2.19. The lowest BCUT2D eigenvalue weighted by atomic mass is 10.2. The van der Waals surface area contributed by atoms with Gasteiger partial charge in [0.05, 0.1) is 22.7 Å². The van der Waals surface area contributed by atoms with Crippen LogP contribution in [0.15, 0.2) is 36.7 Å². The van der Waals surface area contributed by atoms with Crippen molar-refractivity contribution in [2.45, 2.75) is 6.54 Å². The first kappa shape index (κ1) is 11.9. The zero-order valence-corrected chi connectivity index (χ0v) is 10.4. The van der Waals surface area contributed by atoms with Crippen molar-refractivity contribution >= 4 is 22.9 Å². The van der Waals surface area contributed by atoms with Crippen LogP contribution in [-0.4, -0.2) is 25.7 Å². The second-order valence-electron chi connectivity index (χ2n) is 4.18. The van der Waals surface area contributed by atoms with Gasteiger partial charge >= 0.3 is 0 Å². The highest BCUT2D eigenvalue weighted by Gasteiger charge is 2.08. The standard InChI is InChI=1S/C13H10N6O/c14-7-9-2-3-10-11(6-9)17-13(16-10)18-12(20)8-19-5-1-4-15-19/h1-6H,8H2,(H2,16,17,18,20). The van der Waals surface area contributed by atoms with Gasteiger partial charge in [0.1, 0.15) is 6.54 Å². The van der Waals surface area contributed by atoms with E-state index < -0.39 is 0 Å². The summed E-state index contributed by atoms with van der Waals surface area (Å²) in [6.07, 6.45) is 3.31. The molecule has 0 atom stereocenters. The average Bonchev–Trinajstić information content (AvgIpc) is 3.06. The third kappa shape index (κ3) is 2.35. The Hall–Kier alpha value is -3.14. The molecule has 3 rings (SSSR count). The van der Waals surface area contributed by atoms with E-state index in [-0.39, 0.29) is 12.5 Å². The molecule has 1 aromatic carbocycles. The van der Waals surface area contributed by atoms with Crippen LogP contribution in [0.2, 0.25) is 0 Å². The molecule has 0 aliphatic carbocycles. The predicted octanol–water partition coefficient (Wildman–Crippen LogP) is 1.27. The van der Waals surface area contributed by atoms with Crippen LogP contribution in [0, 0.1) is 11.3 Å². The Morgan fingerprint density at radius 1 is 1.50 bits per heavy atom. The summed E-state index contributed by atoms with van der Waals surface area (Å²) in [6.45, 7) is 0.119. The van der Waals surface area contributed by atoms with E-state index in [0.29, 0.717) is 17.0 Å². The van der Waals surface area contributed by atoms with E-state index in [0.717, 1.165) is 5.52 Å². The first-order chi connectivity index (χ1) is 9.74. The largest absolute Gasteiger partial charge is 0.324 e. The number of imidazole rings is 1. The highest BCUT2D eigenvalue weighted by molar-refractivity contribution is 5.91. The van der Waals surface area contributed by atoms with Crippen molar-refractivity contribution in [3.05, 3.63) is 42.2 Å². The van der Waals surface area contributed by atoms with Gasteiger partial charge in [-0.3, -0.25) is 14.8 Å². The molecule has 0 unspecified atom stereocenters. The number of rotatable bonds is 3.